The largest absolute Gasteiger partial charge is 0.490 e. The Labute approximate surface area is 103 Å². The molecule has 2 heterocycles. The number of ether oxygens (including phenoxy) is 1. The monoisotopic (exact) mass is 235 g/mol. The molecule has 0 radical (unpaired) electrons. The smallest absolute Gasteiger partial charge is 0.171 e. The molecular weight excluding hydrogens is 214 g/mol. The molecule has 4 nitrogen and oxygen atoms in total. The Morgan fingerprint density at radius 1 is 1.59 bits per heavy atom. The van der Waals surface area contributed by atoms with E-state index in [1.807, 2.05) is 18.3 Å². The molecule has 2 rings (SSSR count). The van der Waals surface area contributed by atoms with E-state index in [-0.39, 0.29) is 6.04 Å². The van der Waals surface area contributed by atoms with Gasteiger partial charge >= 0.3 is 0 Å². The van der Waals surface area contributed by atoms with Gasteiger partial charge in [-0.2, -0.15) is 0 Å². The highest BCUT2D eigenvalue weighted by molar-refractivity contribution is 5.52. The summed E-state index contributed by atoms with van der Waals surface area (Å²) in [6, 6.07) is 4.15. The van der Waals surface area contributed by atoms with Gasteiger partial charge in [-0.15, -0.1) is 0 Å². The highest BCUT2D eigenvalue weighted by Gasteiger charge is 2.20. The molecule has 0 aliphatic carbocycles. The SMILES string of the molecule is CCCOc1cccnc1N1CCCC(N)C1. The number of nitrogens with zero attached hydrogens (tertiary/aromatic N) is 2. The molecule has 2 N–H and O–H groups in total. The van der Waals surface area contributed by atoms with E-state index in [1.165, 1.54) is 0 Å². The summed E-state index contributed by atoms with van der Waals surface area (Å²) in [5, 5.41) is 0. The quantitative estimate of drug-likeness (QED) is 0.864. The first kappa shape index (κ1) is 12.2. The topological polar surface area (TPSA) is 51.4 Å². The van der Waals surface area contributed by atoms with Crippen LogP contribution in [0.1, 0.15) is 26.2 Å². The summed E-state index contributed by atoms with van der Waals surface area (Å²) in [5.74, 6) is 1.82. The fourth-order valence-electron chi connectivity index (χ4n) is 2.15. The lowest BCUT2D eigenvalue weighted by molar-refractivity contribution is 0.315. The molecule has 1 atom stereocenters. The summed E-state index contributed by atoms with van der Waals surface area (Å²) >= 11 is 0. The van der Waals surface area contributed by atoms with E-state index >= 15 is 0 Å². The summed E-state index contributed by atoms with van der Waals surface area (Å²) in [4.78, 5) is 6.67. The van der Waals surface area contributed by atoms with Crippen molar-refractivity contribution in [3.63, 3.8) is 0 Å². The number of aromatic nitrogens is 1. The minimum atomic E-state index is 0.254. The number of anilines is 1. The summed E-state index contributed by atoms with van der Waals surface area (Å²) < 4.78 is 5.73. The molecule has 0 spiro atoms. The molecule has 0 saturated carbocycles. The Hall–Kier alpha value is -1.29. The number of pyridine rings is 1. The number of nitrogens with two attached hydrogens (primary N) is 1. The first-order chi connectivity index (χ1) is 8.31. The van der Waals surface area contributed by atoms with Crippen LogP contribution in [-0.4, -0.2) is 30.7 Å². The fraction of sp³-hybridized carbons (Fsp3) is 0.615. The lowest BCUT2D eigenvalue weighted by Gasteiger charge is -2.32. The predicted molar refractivity (Wildman–Crippen MR) is 69.4 cm³/mol. The lowest BCUT2D eigenvalue weighted by Crippen LogP contribution is -2.43. The van der Waals surface area contributed by atoms with Gasteiger partial charge in [0, 0.05) is 25.3 Å². The maximum atomic E-state index is 6.00. The van der Waals surface area contributed by atoms with Gasteiger partial charge < -0.3 is 15.4 Å². The van der Waals surface area contributed by atoms with Crippen LogP contribution in [0.15, 0.2) is 18.3 Å². The Morgan fingerprint density at radius 2 is 2.47 bits per heavy atom. The minimum absolute atomic E-state index is 0.254. The van der Waals surface area contributed by atoms with Crippen LogP contribution in [0.2, 0.25) is 0 Å². The number of piperidine rings is 1. The third kappa shape index (κ3) is 3.09. The molecule has 1 unspecified atom stereocenters. The van der Waals surface area contributed by atoms with Crippen molar-refractivity contribution in [2.45, 2.75) is 32.2 Å². The van der Waals surface area contributed by atoms with Crippen molar-refractivity contribution in [3.05, 3.63) is 18.3 Å². The molecule has 0 amide bonds. The van der Waals surface area contributed by atoms with Crippen molar-refractivity contribution in [2.75, 3.05) is 24.6 Å². The Kier molecular flexibility index (Phi) is 4.20. The van der Waals surface area contributed by atoms with Gasteiger partial charge in [0.15, 0.2) is 11.6 Å². The van der Waals surface area contributed by atoms with Crippen LogP contribution < -0.4 is 15.4 Å². The predicted octanol–water partition coefficient (Wildman–Crippen LogP) is 1.80. The van der Waals surface area contributed by atoms with Gasteiger partial charge in [0.1, 0.15) is 0 Å². The van der Waals surface area contributed by atoms with Crippen LogP contribution in [0.5, 0.6) is 5.75 Å². The van der Waals surface area contributed by atoms with Gasteiger partial charge in [0.2, 0.25) is 0 Å². The van der Waals surface area contributed by atoms with E-state index in [0.717, 1.165) is 50.5 Å². The first-order valence-electron chi connectivity index (χ1n) is 6.39. The number of rotatable bonds is 4. The lowest BCUT2D eigenvalue weighted by atomic mass is 10.1. The molecule has 94 valence electrons. The maximum absolute atomic E-state index is 6.00. The average molecular weight is 235 g/mol. The molecule has 1 fully saturated rings. The van der Waals surface area contributed by atoms with Crippen molar-refractivity contribution in [2.24, 2.45) is 5.73 Å². The highest BCUT2D eigenvalue weighted by atomic mass is 16.5. The second-order valence-electron chi connectivity index (χ2n) is 4.52. The van der Waals surface area contributed by atoms with Crippen LogP contribution in [0.25, 0.3) is 0 Å². The van der Waals surface area contributed by atoms with Crippen LogP contribution in [0.4, 0.5) is 5.82 Å². The molecule has 0 aromatic carbocycles. The van der Waals surface area contributed by atoms with Crippen LogP contribution in [0, 0.1) is 0 Å². The summed E-state index contributed by atoms with van der Waals surface area (Å²) in [7, 11) is 0. The van der Waals surface area contributed by atoms with Crippen molar-refractivity contribution in [1.29, 1.82) is 0 Å². The Morgan fingerprint density at radius 3 is 3.24 bits per heavy atom. The van der Waals surface area contributed by atoms with Crippen LogP contribution in [-0.2, 0) is 0 Å². The van der Waals surface area contributed by atoms with E-state index in [2.05, 4.69) is 16.8 Å². The molecular formula is C13H21N3O. The Bertz CT molecular complexity index is 356. The van der Waals surface area contributed by atoms with Gasteiger partial charge in [0.05, 0.1) is 6.61 Å². The van der Waals surface area contributed by atoms with E-state index in [1.54, 1.807) is 0 Å². The minimum Gasteiger partial charge on any atom is -0.490 e. The van der Waals surface area contributed by atoms with E-state index in [4.69, 9.17) is 10.5 Å². The third-order valence-electron chi connectivity index (χ3n) is 2.97. The molecule has 1 aromatic heterocycles. The van der Waals surface area contributed by atoms with Gasteiger partial charge in [-0.3, -0.25) is 0 Å². The number of hydrogen-bond donors (Lipinski definition) is 1. The second-order valence-corrected chi connectivity index (χ2v) is 4.52. The summed E-state index contributed by atoms with van der Waals surface area (Å²) in [6.45, 7) is 4.73. The second kappa shape index (κ2) is 5.87. The fourth-order valence-corrected chi connectivity index (χ4v) is 2.15. The standard InChI is InChI=1S/C13H21N3O/c1-2-9-17-12-6-3-7-15-13(12)16-8-4-5-11(14)10-16/h3,6-7,11H,2,4-5,8-10,14H2,1H3. The zero-order valence-electron chi connectivity index (χ0n) is 10.4. The van der Waals surface area contributed by atoms with Gasteiger partial charge in [0.25, 0.3) is 0 Å². The van der Waals surface area contributed by atoms with Crippen molar-refractivity contribution >= 4 is 5.82 Å². The van der Waals surface area contributed by atoms with E-state index < -0.39 is 0 Å². The molecule has 1 saturated heterocycles. The zero-order chi connectivity index (χ0) is 12.1. The van der Waals surface area contributed by atoms with Crippen LogP contribution >= 0.6 is 0 Å². The van der Waals surface area contributed by atoms with Crippen molar-refractivity contribution in [1.82, 2.24) is 4.98 Å². The normalized spacial score (nSPS) is 20.4. The summed E-state index contributed by atoms with van der Waals surface area (Å²) in [6.07, 6.45) is 5.06. The molecule has 4 heteroatoms. The number of hydrogen-bond acceptors (Lipinski definition) is 4. The van der Waals surface area contributed by atoms with E-state index in [9.17, 15) is 0 Å². The van der Waals surface area contributed by atoms with Gasteiger partial charge in [-0.1, -0.05) is 6.92 Å². The van der Waals surface area contributed by atoms with Crippen molar-refractivity contribution in [3.8, 4) is 5.75 Å². The van der Waals surface area contributed by atoms with E-state index in [0.29, 0.717) is 0 Å². The molecule has 0 bridgehead atoms. The van der Waals surface area contributed by atoms with Gasteiger partial charge in [-0.25, -0.2) is 4.98 Å². The maximum Gasteiger partial charge on any atom is 0.171 e. The zero-order valence-corrected chi connectivity index (χ0v) is 10.4. The summed E-state index contributed by atoms with van der Waals surface area (Å²) in [5.41, 5.74) is 6.00. The Balaban J connectivity index is 2.12. The van der Waals surface area contributed by atoms with Crippen LogP contribution in [0.3, 0.4) is 0 Å². The molecule has 1 aliphatic heterocycles. The highest BCUT2D eigenvalue weighted by Crippen LogP contribution is 2.27. The first-order valence-corrected chi connectivity index (χ1v) is 6.39. The van der Waals surface area contributed by atoms with Gasteiger partial charge in [-0.05, 0) is 31.4 Å². The molecule has 17 heavy (non-hydrogen) atoms. The molecule has 1 aromatic rings. The van der Waals surface area contributed by atoms with Crippen molar-refractivity contribution < 1.29 is 4.74 Å². The average Bonchev–Trinajstić information content (AvgIpc) is 2.37. The molecule has 1 aliphatic rings. The third-order valence-corrected chi connectivity index (χ3v) is 2.97.